The number of nitrogens with one attached hydrogen (secondary N) is 2. The average Bonchev–Trinajstić information content (AvgIpc) is 2.40. The van der Waals surface area contributed by atoms with Gasteiger partial charge in [-0.1, -0.05) is 11.6 Å². The fourth-order valence-corrected chi connectivity index (χ4v) is 1.67. The Balaban J connectivity index is 2.72. The molecule has 0 aromatic heterocycles. The van der Waals surface area contributed by atoms with E-state index < -0.39 is 24.1 Å². The van der Waals surface area contributed by atoms with Crippen molar-refractivity contribution < 1.29 is 24.5 Å². The Morgan fingerprint density at radius 1 is 1.43 bits per heavy atom. The second-order valence-electron chi connectivity index (χ2n) is 4.69. The van der Waals surface area contributed by atoms with Crippen LogP contribution in [0, 0.1) is 6.92 Å². The fraction of sp³-hybridized carbons (Fsp3) is 0.385. The first-order chi connectivity index (χ1) is 9.67. The van der Waals surface area contributed by atoms with Gasteiger partial charge in [0, 0.05) is 6.07 Å². The number of rotatable bonds is 5. The van der Waals surface area contributed by atoms with E-state index in [0.717, 1.165) is 12.5 Å². The van der Waals surface area contributed by atoms with Gasteiger partial charge >= 0.3 is 12.0 Å². The van der Waals surface area contributed by atoms with E-state index in [4.69, 9.17) is 21.4 Å². The van der Waals surface area contributed by atoms with Crippen molar-refractivity contribution in [1.29, 1.82) is 0 Å². The minimum Gasteiger partial charge on any atom is -0.496 e. The lowest BCUT2D eigenvalue weighted by atomic mass is 10.1. The molecule has 2 amide bonds. The summed E-state index contributed by atoms with van der Waals surface area (Å²) in [6, 6.07) is 2.50. The number of aryl methyl sites for hydroxylation is 1. The molecule has 0 saturated heterocycles. The quantitative estimate of drug-likeness (QED) is 0.660. The van der Waals surface area contributed by atoms with Crippen molar-refractivity contribution in [2.24, 2.45) is 0 Å². The van der Waals surface area contributed by atoms with Crippen molar-refractivity contribution in [2.45, 2.75) is 19.4 Å². The lowest BCUT2D eigenvalue weighted by molar-refractivity contribution is -0.155. The molecule has 116 valence electrons. The molecule has 1 rings (SSSR count). The average molecular weight is 317 g/mol. The number of benzene rings is 1. The molecule has 0 aliphatic rings. The van der Waals surface area contributed by atoms with Crippen LogP contribution < -0.4 is 15.4 Å². The van der Waals surface area contributed by atoms with Gasteiger partial charge in [0.1, 0.15) is 5.75 Å². The zero-order valence-corrected chi connectivity index (χ0v) is 12.6. The molecule has 0 radical (unpaired) electrons. The number of hydrogen-bond acceptors (Lipinski definition) is 4. The molecule has 7 nitrogen and oxygen atoms in total. The van der Waals surface area contributed by atoms with Crippen LogP contribution in [0.2, 0.25) is 5.02 Å². The first-order valence-corrected chi connectivity index (χ1v) is 6.40. The van der Waals surface area contributed by atoms with Crippen LogP contribution in [0.1, 0.15) is 12.5 Å². The summed E-state index contributed by atoms with van der Waals surface area (Å²) >= 11 is 6.00. The summed E-state index contributed by atoms with van der Waals surface area (Å²) in [5.41, 5.74) is -0.922. The lowest BCUT2D eigenvalue weighted by Gasteiger charge is -2.19. The molecule has 21 heavy (non-hydrogen) atoms. The third-order valence-corrected chi connectivity index (χ3v) is 3.10. The molecule has 0 saturated carbocycles. The van der Waals surface area contributed by atoms with Gasteiger partial charge in [-0.2, -0.15) is 0 Å². The molecule has 1 unspecified atom stereocenters. The predicted octanol–water partition coefficient (Wildman–Crippen LogP) is 1.61. The van der Waals surface area contributed by atoms with Crippen LogP contribution >= 0.6 is 11.6 Å². The maximum absolute atomic E-state index is 11.7. The molecule has 0 spiro atoms. The number of aliphatic hydroxyl groups is 1. The van der Waals surface area contributed by atoms with Crippen LogP contribution in [0.3, 0.4) is 0 Å². The predicted molar refractivity (Wildman–Crippen MR) is 78.0 cm³/mol. The van der Waals surface area contributed by atoms with E-state index in [0.29, 0.717) is 11.4 Å². The largest absolute Gasteiger partial charge is 0.496 e. The number of halogens is 1. The fourth-order valence-electron chi connectivity index (χ4n) is 1.47. The second-order valence-corrected chi connectivity index (χ2v) is 5.10. The number of carbonyl (C=O) groups excluding carboxylic acids is 1. The third kappa shape index (κ3) is 4.51. The number of methoxy groups -OCH3 is 1. The van der Waals surface area contributed by atoms with Gasteiger partial charge < -0.3 is 25.6 Å². The Morgan fingerprint density at radius 3 is 2.57 bits per heavy atom. The first kappa shape index (κ1) is 17.1. The summed E-state index contributed by atoms with van der Waals surface area (Å²) in [5, 5.41) is 23.2. The van der Waals surface area contributed by atoms with Crippen molar-refractivity contribution in [2.75, 3.05) is 19.0 Å². The highest BCUT2D eigenvalue weighted by atomic mass is 35.5. The number of carboxylic acids is 1. The number of aliphatic carboxylic acids is 1. The lowest BCUT2D eigenvalue weighted by Crippen LogP contribution is -2.47. The van der Waals surface area contributed by atoms with Gasteiger partial charge in [-0.25, -0.2) is 9.59 Å². The zero-order valence-electron chi connectivity index (χ0n) is 11.9. The topological polar surface area (TPSA) is 108 Å². The molecule has 1 aromatic rings. The van der Waals surface area contributed by atoms with Crippen molar-refractivity contribution in [3.05, 3.63) is 22.7 Å². The van der Waals surface area contributed by atoms with Crippen LogP contribution in [0.25, 0.3) is 0 Å². The molecular weight excluding hydrogens is 300 g/mol. The van der Waals surface area contributed by atoms with E-state index in [1.165, 1.54) is 7.11 Å². The van der Waals surface area contributed by atoms with E-state index in [1.54, 1.807) is 19.1 Å². The molecule has 4 N–H and O–H groups in total. The normalized spacial score (nSPS) is 13.2. The standard InChI is InChI=1S/C13H17ClN2O5/c1-7-4-9(8(14)5-10(7)21-3)16-12(19)15-6-13(2,20)11(17)18/h4-5,20H,6H2,1-3H3,(H,17,18)(H2,15,16,19). The van der Waals surface area contributed by atoms with Gasteiger partial charge in [-0.15, -0.1) is 0 Å². The monoisotopic (exact) mass is 316 g/mol. The van der Waals surface area contributed by atoms with E-state index in [-0.39, 0.29) is 5.02 Å². The van der Waals surface area contributed by atoms with Crippen LogP contribution in [0.5, 0.6) is 5.75 Å². The molecule has 0 fully saturated rings. The summed E-state index contributed by atoms with van der Waals surface area (Å²) in [6.07, 6.45) is 0. The Bertz CT molecular complexity index is 560. The van der Waals surface area contributed by atoms with Crippen molar-refractivity contribution in [3.63, 3.8) is 0 Å². The van der Waals surface area contributed by atoms with Gasteiger partial charge in [0.15, 0.2) is 5.60 Å². The highest BCUT2D eigenvalue weighted by molar-refractivity contribution is 6.33. The van der Waals surface area contributed by atoms with Gasteiger partial charge in [0.2, 0.25) is 0 Å². The molecular formula is C13H17ClN2O5. The van der Waals surface area contributed by atoms with E-state index in [2.05, 4.69) is 10.6 Å². The summed E-state index contributed by atoms with van der Waals surface area (Å²) in [7, 11) is 1.51. The molecule has 0 aliphatic carbocycles. The Labute approximate surface area is 126 Å². The third-order valence-electron chi connectivity index (χ3n) is 2.79. The summed E-state index contributed by atoms with van der Waals surface area (Å²) in [5.74, 6) is -0.846. The number of anilines is 1. The second kappa shape index (κ2) is 6.64. The maximum Gasteiger partial charge on any atom is 0.337 e. The molecule has 0 heterocycles. The summed E-state index contributed by atoms with van der Waals surface area (Å²) < 4.78 is 5.09. The SMILES string of the molecule is COc1cc(Cl)c(NC(=O)NCC(C)(O)C(=O)O)cc1C. The summed E-state index contributed by atoms with van der Waals surface area (Å²) in [6.45, 7) is 2.43. The molecule has 8 heteroatoms. The van der Waals surface area contributed by atoms with E-state index >= 15 is 0 Å². The Morgan fingerprint density at radius 2 is 2.05 bits per heavy atom. The van der Waals surface area contributed by atoms with Gasteiger partial charge in [-0.05, 0) is 25.5 Å². The van der Waals surface area contributed by atoms with Crippen LogP contribution in [0.15, 0.2) is 12.1 Å². The van der Waals surface area contributed by atoms with E-state index in [9.17, 15) is 14.7 Å². The van der Waals surface area contributed by atoms with Crippen molar-refractivity contribution >= 4 is 29.3 Å². The number of hydrogen-bond donors (Lipinski definition) is 4. The number of ether oxygens (including phenoxy) is 1. The van der Waals surface area contributed by atoms with Gasteiger partial charge in [0.05, 0.1) is 24.4 Å². The number of urea groups is 1. The highest BCUT2D eigenvalue weighted by Gasteiger charge is 2.30. The smallest absolute Gasteiger partial charge is 0.337 e. The minimum absolute atomic E-state index is 0.276. The summed E-state index contributed by atoms with van der Waals surface area (Å²) in [4.78, 5) is 22.4. The van der Waals surface area contributed by atoms with Crippen molar-refractivity contribution in [1.82, 2.24) is 5.32 Å². The van der Waals surface area contributed by atoms with Gasteiger partial charge in [-0.3, -0.25) is 0 Å². The molecule has 1 aromatic carbocycles. The number of carboxylic acid groups (broad SMARTS) is 1. The Hall–Kier alpha value is -1.99. The molecule has 0 bridgehead atoms. The first-order valence-electron chi connectivity index (χ1n) is 6.02. The molecule has 1 atom stereocenters. The maximum atomic E-state index is 11.7. The zero-order chi connectivity index (χ0) is 16.2. The highest BCUT2D eigenvalue weighted by Crippen LogP contribution is 2.30. The molecule has 0 aliphatic heterocycles. The van der Waals surface area contributed by atoms with Gasteiger partial charge in [0.25, 0.3) is 0 Å². The Kier molecular flexibility index (Phi) is 5.40. The minimum atomic E-state index is -2.04. The number of amides is 2. The number of carbonyl (C=O) groups is 2. The van der Waals surface area contributed by atoms with E-state index in [1.807, 2.05) is 0 Å². The van der Waals surface area contributed by atoms with Crippen LogP contribution in [0.4, 0.5) is 10.5 Å². The van der Waals surface area contributed by atoms with Crippen LogP contribution in [-0.4, -0.2) is 41.5 Å². The van der Waals surface area contributed by atoms with Crippen molar-refractivity contribution in [3.8, 4) is 5.75 Å². The van der Waals surface area contributed by atoms with Crippen LogP contribution in [-0.2, 0) is 4.79 Å².